The SMILES string of the molecule is CS(=O)(=O)N(CC(=O)N1CCCCC1)c1ccc(Oc2ccccc2)cc1. The van der Waals surface area contributed by atoms with Gasteiger partial charge in [-0.1, -0.05) is 18.2 Å². The summed E-state index contributed by atoms with van der Waals surface area (Å²) in [5, 5.41) is 0. The van der Waals surface area contributed by atoms with E-state index in [4.69, 9.17) is 4.74 Å². The molecule has 144 valence electrons. The van der Waals surface area contributed by atoms with E-state index in [1.807, 2.05) is 30.3 Å². The lowest BCUT2D eigenvalue weighted by molar-refractivity contribution is -0.130. The van der Waals surface area contributed by atoms with Crippen molar-refractivity contribution in [1.82, 2.24) is 4.90 Å². The minimum Gasteiger partial charge on any atom is -0.457 e. The second-order valence-electron chi connectivity index (χ2n) is 6.62. The Hall–Kier alpha value is -2.54. The van der Waals surface area contributed by atoms with Gasteiger partial charge >= 0.3 is 0 Å². The van der Waals surface area contributed by atoms with Crippen molar-refractivity contribution < 1.29 is 17.9 Å². The van der Waals surface area contributed by atoms with E-state index < -0.39 is 10.0 Å². The van der Waals surface area contributed by atoms with Crippen LogP contribution in [0.15, 0.2) is 54.6 Å². The molecule has 0 bridgehead atoms. The number of nitrogens with zero attached hydrogens (tertiary/aromatic N) is 2. The summed E-state index contributed by atoms with van der Waals surface area (Å²) < 4.78 is 31.4. The zero-order valence-electron chi connectivity index (χ0n) is 15.4. The fourth-order valence-electron chi connectivity index (χ4n) is 3.07. The molecule has 0 unspecified atom stereocenters. The van der Waals surface area contributed by atoms with Gasteiger partial charge < -0.3 is 9.64 Å². The van der Waals surface area contributed by atoms with Crippen molar-refractivity contribution in [1.29, 1.82) is 0 Å². The largest absolute Gasteiger partial charge is 0.457 e. The Morgan fingerprint density at radius 1 is 0.963 bits per heavy atom. The third-order valence-corrected chi connectivity index (χ3v) is 5.63. The number of amides is 1. The molecule has 6 nitrogen and oxygen atoms in total. The van der Waals surface area contributed by atoms with Crippen LogP contribution in [0.3, 0.4) is 0 Å². The van der Waals surface area contributed by atoms with Crippen LogP contribution in [0.5, 0.6) is 11.5 Å². The lowest BCUT2D eigenvalue weighted by atomic mass is 10.1. The normalized spacial score (nSPS) is 14.6. The molecule has 0 aromatic heterocycles. The smallest absolute Gasteiger partial charge is 0.243 e. The number of hydrogen-bond acceptors (Lipinski definition) is 4. The van der Waals surface area contributed by atoms with E-state index in [-0.39, 0.29) is 12.5 Å². The number of likely N-dealkylation sites (tertiary alicyclic amines) is 1. The molecule has 1 aliphatic heterocycles. The van der Waals surface area contributed by atoms with Crippen LogP contribution in [0.25, 0.3) is 0 Å². The number of anilines is 1. The number of hydrogen-bond donors (Lipinski definition) is 0. The summed E-state index contributed by atoms with van der Waals surface area (Å²) in [5.74, 6) is 1.14. The van der Waals surface area contributed by atoms with Crippen LogP contribution >= 0.6 is 0 Å². The molecule has 2 aromatic carbocycles. The third-order valence-electron chi connectivity index (χ3n) is 4.49. The zero-order valence-corrected chi connectivity index (χ0v) is 16.2. The zero-order chi connectivity index (χ0) is 19.3. The van der Waals surface area contributed by atoms with Gasteiger partial charge in [-0.25, -0.2) is 8.42 Å². The number of ether oxygens (including phenoxy) is 1. The average Bonchev–Trinajstić information content (AvgIpc) is 2.67. The topological polar surface area (TPSA) is 66.9 Å². The quantitative estimate of drug-likeness (QED) is 0.762. The molecule has 1 aliphatic rings. The molecule has 1 fully saturated rings. The predicted molar refractivity (Wildman–Crippen MR) is 106 cm³/mol. The molecule has 0 N–H and O–H groups in total. The summed E-state index contributed by atoms with van der Waals surface area (Å²) in [6.07, 6.45) is 4.17. The lowest BCUT2D eigenvalue weighted by Gasteiger charge is -2.30. The fourth-order valence-corrected chi connectivity index (χ4v) is 3.92. The first kappa shape index (κ1) is 19.2. The monoisotopic (exact) mass is 388 g/mol. The molecule has 3 rings (SSSR count). The highest BCUT2D eigenvalue weighted by Crippen LogP contribution is 2.25. The molecule has 1 amide bonds. The van der Waals surface area contributed by atoms with Crippen LogP contribution < -0.4 is 9.04 Å². The summed E-state index contributed by atoms with van der Waals surface area (Å²) in [7, 11) is -3.58. The number of piperidine rings is 1. The molecule has 0 spiro atoms. The van der Waals surface area contributed by atoms with Crippen LogP contribution in [0.2, 0.25) is 0 Å². The van der Waals surface area contributed by atoms with Crippen LogP contribution in [-0.2, 0) is 14.8 Å². The van der Waals surface area contributed by atoms with Gasteiger partial charge in [-0.2, -0.15) is 0 Å². The van der Waals surface area contributed by atoms with E-state index in [1.54, 1.807) is 29.2 Å². The summed E-state index contributed by atoms with van der Waals surface area (Å²) in [4.78, 5) is 14.3. The highest BCUT2D eigenvalue weighted by atomic mass is 32.2. The van der Waals surface area contributed by atoms with Gasteiger partial charge in [0.15, 0.2) is 0 Å². The fraction of sp³-hybridized carbons (Fsp3) is 0.350. The number of para-hydroxylation sites is 1. The first-order chi connectivity index (χ1) is 12.9. The summed E-state index contributed by atoms with van der Waals surface area (Å²) in [6, 6.07) is 16.0. The second-order valence-corrected chi connectivity index (χ2v) is 8.53. The highest BCUT2D eigenvalue weighted by molar-refractivity contribution is 7.92. The standard InChI is InChI=1S/C20H24N2O4S/c1-27(24,25)22(16-20(23)21-14-6-3-7-15-21)17-10-12-19(13-11-17)26-18-8-4-2-5-9-18/h2,4-5,8-13H,3,6-7,14-16H2,1H3. The van der Waals surface area contributed by atoms with E-state index in [1.165, 1.54) is 0 Å². The average molecular weight is 388 g/mol. The van der Waals surface area contributed by atoms with Gasteiger partial charge in [0.25, 0.3) is 0 Å². The highest BCUT2D eigenvalue weighted by Gasteiger charge is 2.24. The van der Waals surface area contributed by atoms with E-state index >= 15 is 0 Å². The molecule has 1 saturated heterocycles. The molecule has 0 radical (unpaired) electrons. The van der Waals surface area contributed by atoms with E-state index in [2.05, 4.69) is 0 Å². The Balaban J connectivity index is 1.74. The summed E-state index contributed by atoms with van der Waals surface area (Å²) in [6.45, 7) is 1.21. The Bertz CT molecular complexity index is 861. The van der Waals surface area contributed by atoms with Gasteiger partial charge in [0.1, 0.15) is 18.0 Å². The van der Waals surface area contributed by atoms with Crippen LogP contribution in [-0.4, -0.2) is 45.1 Å². The van der Waals surface area contributed by atoms with Crippen molar-refractivity contribution in [3.05, 3.63) is 54.6 Å². The Labute approximate surface area is 160 Å². The van der Waals surface area contributed by atoms with Crippen molar-refractivity contribution in [2.45, 2.75) is 19.3 Å². The van der Waals surface area contributed by atoms with Crippen molar-refractivity contribution in [3.63, 3.8) is 0 Å². The van der Waals surface area contributed by atoms with Gasteiger partial charge in [-0.3, -0.25) is 9.10 Å². The number of carbonyl (C=O) groups is 1. The summed E-state index contributed by atoms with van der Waals surface area (Å²) >= 11 is 0. The van der Waals surface area contributed by atoms with Crippen molar-refractivity contribution in [2.75, 3.05) is 30.2 Å². The van der Waals surface area contributed by atoms with Crippen LogP contribution in [0.4, 0.5) is 5.69 Å². The van der Waals surface area contributed by atoms with E-state index in [0.29, 0.717) is 30.3 Å². The molecular weight excluding hydrogens is 364 g/mol. The number of carbonyl (C=O) groups excluding carboxylic acids is 1. The number of rotatable bonds is 6. The van der Waals surface area contributed by atoms with Crippen molar-refractivity contribution in [3.8, 4) is 11.5 Å². The minimum absolute atomic E-state index is 0.162. The Morgan fingerprint density at radius 3 is 2.15 bits per heavy atom. The summed E-state index contributed by atoms with van der Waals surface area (Å²) in [5.41, 5.74) is 0.447. The van der Waals surface area contributed by atoms with Gasteiger partial charge in [0, 0.05) is 13.1 Å². The third kappa shape index (κ3) is 5.23. The lowest BCUT2D eigenvalue weighted by Crippen LogP contribution is -2.44. The minimum atomic E-state index is -3.58. The van der Waals surface area contributed by atoms with Crippen LogP contribution in [0, 0.1) is 0 Å². The van der Waals surface area contributed by atoms with Gasteiger partial charge in [0.05, 0.1) is 11.9 Å². The predicted octanol–water partition coefficient (Wildman–Crippen LogP) is 3.26. The Morgan fingerprint density at radius 2 is 1.56 bits per heavy atom. The first-order valence-electron chi connectivity index (χ1n) is 9.02. The number of benzene rings is 2. The molecule has 0 aliphatic carbocycles. The molecule has 7 heteroatoms. The Kier molecular flexibility index (Phi) is 6.01. The molecule has 2 aromatic rings. The van der Waals surface area contributed by atoms with E-state index in [0.717, 1.165) is 29.8 Å². The maximum Gasteiger partial charge on any atom is 0.243 e. The molecule has 0 saturated carbocycles. The first-order valence-corrected chi connectivity index (χ1v) is 10.9. The molecular formula is C20H24N2O4S. The number of sulfonamides is 1. The van der Waals surface area contributed by atoms with Gasteiger partial charge in [-0.05, 0) is 55.7 Å². The van der Waals surface area contributed by atoms with Crippen LogP contribution in [0.1, 0.15) is 19.3 Å². The van der Waals surface area contributed by atoms with Crippen molar-refractivity contribution in [2.24, 2.45) is 0 Å². The molecule has 0 atom stereocenters. The molecule has 1 heterocycles. The second kappa shape index (κ2) is 8.43. The molecule has 27 heavy (non-hydrogen) atoms. The maximum absolute atomic E-state index is 12.5. The van der Waals surface area contributed by atoms with E-state index in [9.17, 15) is 13.2 Å². The maximum atomic E-state index is 12.5. The van der Waals surface area contributed by atoms with Gasteiger partial charge in [0.2, 0.25) is 15.9 Å². The van der Waals surface area contributed by atoms with Gasteiger partial charge in [-0.15, -0.1) is 0 Å². The van der Waals surface area contributed by atoms with Crippen molar-refractivity contribution >= 4 is 21.6 Å².